The summed E-state index contributed by atoms with van der Waals surface area (Å²) in [4.78, 5) is 2.96. The predicted octanol–water partition coefficient (Wildman–Crippen LogP) is 5.62. The van der Waals surface area contributed by atoms with Crippen LogP contribution in [-0.2, 0) is 0 Å². The van der Waals surface area contributed by atoms with Crippen molar-refractivity contribution >= 4 is 11.3 Å². The molecule has 2 heteroatoms. The van der Waals surface area contributed by atoms with Gasteiger partial charge in [0.25, 0.3) is 0 Å². The normalized spacial score (nSPS) is 23.8. The van der Waals surface area contributed by atoms with Gasteiger partial charge in [-0.2, -0.15) is 0 Å². The fraction of sp³-hybridized carbons (Fsp3) is 0.778. The van der Waals surface area contributed by atoms with Crippen LogP contribution >= 0.6 is 11.3 Å². The number of nitrogens with one attached hydrogen (secondary N) is 1. The van der Waals surface area contributed by atoms with Gasteiger partial charge in [0.2, 0.25) is 0 Å². The molecule has 2 atom stereocenters. The predicted molar refractivity (Wildman–Crippen MR) is 90.6 cm³/mol. The minimum Gasteiger partial charge on any atom is -0.310 e. The number of aryl methyl sites for hydroxylation is 2. The first-order valence-electron chi connectivity index (χ1n) is 8.26. The maximum absolute atomic E-state index is 3.87. The molecule has 0 aliphatic heterocycles. The van der Waals surface area contributed by atoms with Gasteiger partial charge in [-0.15, -0.1) is 11.3 Å². The fourth-order valence-electron chi connectivity index (χ4n) is 3.87. The minimum absolute atomic E-state index is 0.464. The first kappa shape index (κ1) is 16.0. The zero-order valence-corrected chi connectivity index (χ0v) is 14.7. The molecular weight excluding hydrogens is 262 g/mol. The van der Waals surface area contributed by atoms with Crippen molar-refractivity contribution in [1.29, 1.82) is 0 Å². The Labute approximate surface area is 129 Å². The van der Waals surface area contributed by atoms with Gasteiger partial charge in [-0.25, -0.2) is 0 Å². The zero-order valence-electron chi connectivity index (χ0n) is 13.9. The van der Waals surface area contributed by atoms with Gasteiger partial charge in [0.15, 0.2) is 0 Å². The van der Waals surface area contributed by atoms with Crippen molar-refractivity contribution in [3.8, 4) is 0 Å². The summed E-state index contributed by atoms with van der Waals surface area (Å²) in [5.74, 6) is 0.774. The Morgan fingerprint density at radius 3 is 2.65 bits per heavy atom. The van der Waals surface area contributed by atoms with E-state index in [1.165, 1.54) is 41.9 Å². The molecule has 1 N–H and O–H groups in total. The first-order chi connectivity index (χ1) is 9.45. The highest BCUT2D eigenvalue weighted by Gasteiger charge is 2.38. The average molecular weight is 294 g/mol. The van der Waals surface area contributed by atoms with E-state index in [2.05, 4.69) is 46.0 Å². The van der Waals surface area contributed by atoms with Gasteiger partial charge in [-0.3, -0.25) is 0 Å². The summed E-state index contributed by atoms with van der Waals surface area (Å²) in [7, 11) is 0. The number of rotatable bonds is 5. The van der Waals surface area contributed by atoms with Crippen molar-refractivity contribution < 1.29 is 0 Å². The highest BCUT2D eigenvalue weighted by Crippen LogP contribution is 2.48. The summed E-state index contributed by atoms with van der Waals surface area (Å²) in [5, 5.41) is 3.87. The summed E-state index contributed by atoms with van der Waals surface area (Å²) in [5.41, 5.74) is 2.03. The lowest BCUT2D eigenvalue weighted by Crippen LogP contribution is -2.39. The molecule has 0 radical (unpaired) electrons. The quantitative estimate of drug-likeness (QED) is 0.742. The van der Waals surface area contributed by atoms with Gasteiger partial charge >= 0.3 is 0 Å². The number of thiophene rings is 1. The van der Waals surface area contributed by atoms with E-state index in [1.807, 2.05) is 11.3 Å². The molecule has 0 bridgehead atoms. The van der Waals surface area contributed by atoms with Gasteiger partial charge < -0.3 is 5.32 Å². The van der Waals surface area contributed by atoms with Crippen molar-refractivity contribution in [2.75, 3.05) is 6.54 Å². The van der Waals surface area contributed by atoms with Crippen LogP contribution in [0.25, 0.3) is 0 Å². The molecule has 0 amide bonds. The smallest absolute Gasteiger partial charge is 0.0364 e. The molecule has 0 spiro atoms. The standard InChI is InChI=1S/C18H31NS/c1-6-11-19-17(15-12-13(2)20-14(15)3)16-9-7-8-10-18(16,4)5/h12,16-17,19H,6-11H2,1-5H3. The van der Waals surface area contributed by atoms with Gasteiger partial charge in [0, 0.05) is 15.8 Å². The Morgan fingerprint density at radius 1 is 1.35 bits per heavy atom. The highest BCUT2D eigenvalue weighted by atomic mass is 32.1. The van der Waals surface area contributed by atoms with E-state index in [1.54, 1.807) is 5.56 Å². The lowest BCUT2D eigenvalue weighted by molar-refractivity contribution is 0.0981. The maximum Gasteiger partial charge on any atom is 0.0364 e. The molecule has 2 unspecified atom stereocenters. The van der Waals surface area contributed by atoms with Crippen molar-refractivity contribution in [1.82, 2.24) is 5.32 Å². The first-order valence-corrected chi connectivity index (χ1v) is 9.07. The molecule has 1 aliphatic rings. The topological polar surface area (TPSA) is 12.0 Å². The minimum atomic E-state index is 0.464. The van der Waals surface area contributed by atoms with Crippen LogP contribution in [0.4, 0.5) is 0 Å². The van der Waals surface area contributed by atoms with Gasteiger partial charge in [-0.05, 0) is 62.6 Å². The third-order valence-electron chi connectivity index (χ3n) is 5.02. The lowest BCUT2D eigenvalue weighted by atomic mass is 9.64. The molecule has 0 aromatic carbocycles. The van der Waals surface area contributed by atoms with Gasteiger partial charge in [-0.1, -0.05) is 33.6 Å². The van der Waals surface area contributed by atoms with E-state index in [0.717, 1.165) is 12.5 Å². The zero-order chi connectivity index (χ0) is 14.8. The van der Waals surface area contributed by atoms with Crippen LogP contribution in [0.3, 0.4) is 0 Å². The van der Waals surface area contributed by atoms with E-state index < -0.39 is 0 Å². The molecule has 0 saturated heterocycles. The average Bonchev–Trinajstić information content (AvgIpc) is 2.70. The second-order valence-electron chi connectivity index (χ2n) is 7.14. The lowest BCUT2D eigenvalue weighted by Gasteiger charge is -2.44. The largest absolute Gasteiger partial charge is 0.310 e. The summed E-state index contributed by atoms with van der Waals surface area (Å²) in [6, 6.07) is 2.98. The molecule has 1 fully saturated rings. The molecular formula is C18H31NS. The molecule has 1 aromatic rings. The summed E-state index contributed by atoms with van der Waals surface area (Å²) < 4.78 is 0. The molecule has 1 nitrogen and oxygen atoms in total. The van der Waals surface area contributed by atoms with Crippen LogP contribution in [0.1, 0.15) is 74.2 Å². The van der Waals surface area contributed by atoms with Gasteiger partial charge in [0.05, 0.1) is 0 Å². The second-order valence-corrected chi connectivity index (χ2v) is 8.60. The molecule has 1 heterocycles. The third-order valence-corrected chi connectivity index (χ3v) is 6.00. The number of hydrogen-bond donors (Lipinski definition) is 1. The highest BCUT2D eigenvalue weighted by molar-refractivity contribution is 7.12. The van der Waals surface area contributed by atoms with E-state index >= 15 is 0 Å². The van der Waals surface area contributed by atoms with Crippen LogP contribution in [0.15, 0.2) is 6.07 Å². The van der Waals surface area contributed by atoms with Crippen molar-refractivity contribution in [3.63, 3.8) is 0 Å². The van der Waals surface area contributed by atoms with E-state index in [0.29, 0.717) is 11.5 Å². The van der Waals surface area contributed by atoms with Crippen molar-refractivity contribution in [2.24, 2.45) is 11.3 Å². The maximum atomic E-state index is 3.87. The summed E-state index contributed by atoms with van der Waals surface area (Å²) in [6.45, 7) is 12.9. The fourth-order valence-corrected chi connectivity index (χ4v) is 4.84. The van der Waals surface area contributed by atoms with Crippen LogP contribution < -0.4 is 5.32 Å². The molecule has 1 saturated carbocycles. The molecule has 20 heavy (non-hydrogen) atoms. The van der Waals surface area contributed by atoms with E-state index in [9.17, 15) is 0 Å². The van der Waals surface area contributed by atoms with Crippen LogP contribution in [0, 0.1) is 25.2 Å². The molecule has 1 aromatic heterocycles. The monoisotopic (exact) mass is 293 g/mol. The Kier molecular flexibility index (Phi) is 5.30. The van der Waals surface area contributed by atoms with E-state index in [-0.39, 0.29) is 0 Å². The Balaban J connectivity index is 2.29. The molecule has 114 valence electrons. The van der Waals surface area contributed by atoms with E-state index in [4.69, 9.17) is 0 Å². The molecule has 2 rings (SSSR count). The van der Waals surface area contributed by atoms with Gasteiger partial charge in [0.1, 0.15) is 0 Å². The van der Waals surface area contributed by atoms with Crippen molar-refractivity contribution in [3.05, 3.63) is 21.4 Å². The van der Waals surface area contributed by atoms with Crippen molar-refractivity contribution in [2.45, 2.75) is 72.8 Å². The second kappa shape index (κ2) is 6.62. The van der Waals surface area contributed by atoms with Crippen LogP contribution in [0.5, 0.6) is 0 Å². The molecule has 1 aliphatic carbocycles. The third kappa shape index (κ3) is 3.46. The number of hydrogen-bond acceptors (Lipinski definition) is 2. The summed E-state index contributed by atoms with van der Waals surface area (Å²) >= 11 is 1.96. The van der Waals surface area contributed by atoms with Crippen LogP contribution in [0.2, 0.25) is 0 Å². The van der Waals surface area contributed by atoms with Crippen LogP contribution in [-0.4, -0.2) is 6.54 Å². The SMILES string of the molecule is CCCNC(c1cc(C)sc1C)C1CCCCC1(C)C. The Morgan fingerprint density at radius 2 is 2.10 bits per heavy atom. The Bertz CT molecular complexity index is 433. The Hall–Kier alpha value is -0.340. The summed E-state index contributed by atoms with van der Waals surface area (Å²) in [6.07, 6.45) is 6.78.